The Morgan fingerprint density at radius 2 is 2.00 bits per heavy atom. The summed E-state index contributed by atoms with van der Waals surface area (Å²) in [6.07, 6.45) is 0.451. The van der Waals surface area contributed by atoms with Crippen LogP contribution in [-0.2, 0) is 4.74 Å². The van der Waals surface area contributed by atoms with Gasteiger partial charge in [0.05, 0.1) is 25.9 Å². The molecule has 0 heterocycles. The Morgan fingerprint density at radius 3 is 2.57 bits per heavy atom. The highest BCUT2D eigenvalue weighted by Crippen LogP contribution is 2.20. The van der Waals surface area contributed by atoms with Crippen molar-refractivity contribution in [1.29, 1.82) is 0 Å². The van der Waals surface area contributed by atoms with Crippen LogP contribution in [0.3, 0.4) is 0 Å². The summed E-state index contributed by atoms with van der Waals surface area (Å²) in [7, 11) is 1.42. The molecule has 2 unspecified atom stereocenters. The second-order valence-corrected chi connectivity index (χ2v) is 5.66. The minimum absolute atomic E-state index is 0.123. The molecule has 120 valence electrons. The van der Waals surface area contributed by atoms with E-state index in [9.17, 15) is 9.50 Å². The van der Waals surface area contributed by atoms with Crippen LogP contribution in [-0.4, -0.2) is 37.6 Å². The molecule has 5 heteroatoms. The maximum atomic E-state index is 13.5. The molecule has 21 heavy (non-hydrogen) atoms. The van der Waals surface area contributed by atoms with Crippen molar-refractivity contribution in [2.75, 3.05) is 25.6 Å². The Morgan fingerprint density at radius 1 is 1.29 bits per heavy atom. The SMILES string of the molecule is COc1ccc(NCC(O)COC(C)CC(C)C)cc1F. The maximum Gasteiger partial charge on any atom is 0.167 e. The van der Waals surface area contributed by atoms with Crippen LogP contribution in [0.25, 0.3) is 0 Å². The van der Waals surface area contributed by atoms with Gasteiger partial charge in [-0.1, -0.05) is 13.8 Å². The molecule has 0 amide bonds. The third kappa shape index (κ3) is 6.78. The largest absolute Gasteiger partial charge is 0.494 e. The number of halogens is 1. The summed E-state index contributed by atoms with van der Waals surface area (Å²) in [4.78, 5) is 0. The van der Waals surface area contributed by atoms with Crippen LogP contribution < -0.4 is 10.1 Å². The number of aliphatic hydroxyl groups is 1. The predicted octanol–water partition coefficient (Wildman–Crippen LogP) is 3.06. The molecule has 0 spiro atoms. The molecule has 0 fully saturated rings. The van der Waals surface area contributed by atoms with Crippen molar-refractivity contribution in [1.82, 2.24) is 0 Å². The van der Waals surface area contributed by atoms with Crippen molar-refractivity contribution >= 4 is 5.69 Å². The van der Waals surface area contributed by atoms with Gasteiger partial charge in [0.2, 0.25) is 0 Å². The normalized spacial score (nSPS) is 14.0. The zero-order valence-electron chi connectivity index (χ0n) is 13.2. The Labute approximate surface area is 126 Å². The Bertz CT molecular complexity index is 426. The van der Waals surface area contributed by atoms with E-state index in [2.05, 4.69) is 19.2 Å². The number of methoxy groups -OCH3 is 1. The monoisotopic (exact) mass is 299 g/mol. The van der Waals surface area contributed by atoms with Gasteiger partial charge in [-0.25, -0.2) is 4.39 Å². The molecular formula is C16H26FNO3. The Kier molecular flexibility index (Phi) is 7.47. The highest BCUT2D eigenvalue weighted by molar-refractivity contribution is 5.47. The predicted molar refractivity (Wildman–Crippen MR) is 82.3 cm³/mol. The van der Waals surface area contributed by atoms with E-state index in [1.165, 1.54) is 13.2 Å². The number of benzene rings is 1. The fraction of sp³-hybridized carbons (Fsp3) is 0.625. The number of nitrogens with one attached hydrogen (secondary N) is 1. The van der Waals surface area contributed by atoms with Crippen molar-refractivity contribution in [2.45, 2.75) is 39.4 Å². The first-order chi connectivity index (χ1) is 9.92. The second kappa shape index (κ2) is 8.85. The molecule has 1 aromatic carbocycles. The molecule has 0 aliphatic carbocycles. The maximum absolute atomic E-state index is 13.5. The zero-order chi connectivity index (χ0) is 15.8. The molecule has 1 rings (SSSR count). The summed E-state index contributed by atoms with van der Waals surface area (Å²) in [5, 5.41) is 12.8. The van der Waals surface area contributed by atoms with E-state index in [0.29, 0.717) is 18.2 Å². The van der Waals surface area contributed by atoms with Crippen LogP contribution >= 0.6 is 0 Å². The van der Waals surface area contributed by atoms with Crippen LogP contribution in [0, 0.1) is 11.7 Å². The first kappa shape index (κ1) is 17.7. The van der Waals surface area contributed by atoms with Crippen LogP contribution in [0.4, 0.5) is 10.1 Å². The van der Waals surface area contributed by atoms with Crippen molar-refractivity contribution in [2.24, 2.45) is 5.92 Å². The van der Waals surface area contributed by atoms with Gasteiger partial charge in [-0.15, -0.1) is 0 Å². The van der Waals surface area contributed by atoms with E-state index in [4.69, 9.17) is 9.47 Å². The fourth-order valence-corrected chi connectivity index (χ4v) is 2.08. The topological polar surface area (TPSA) is 50.7 Å². The van der Waals surface area contributed by atoms with Crippen molar-refractivity contribution < 1.29 is 19.0 Å². The Balaban J connectivity index is 2.32. The molecular weight excluding hydrogens is 273 g/mol. The van der Waals surface area contributed by atoms with Crippen molar-refractivity contribution in [3.05, 3.63) is 24.0 Å². The van der Waals surface area contributed by atoms with Crippen LogP contribution in [0.1, 0.15) is 27.2 Å². The van der Waals surface area contributed by atoms with Gasteiger partial charge < -0.3 is 19.9 Å². The summed E-state index contributed by atoms with van der Waals surface area (Å²) in [5.74, 6) is 0.336. The second-order valence-electron chi connectivity index (χ2n) is 5.66. The lowest BCUT2D eigenvalue weighted by molar-refractivity contribution is -0.00443. The van der Waals surface area contributed by atoms with E-state index >= 15 is 0 Å². The molecule has 1 aromatic rings. The Hall–Kier alpha value is -1.33. The summed E-state index contributed by atoms with van der Waals surface area (Å²) in [6.45, 7) is 6.84. The molecule has 0 saturated heterocycles. The van der Waals surface area contributed by atoms with Crippen molar-refractivity contribution in [3.63, 3.8) is 0 Å². The van der Waals surface area contributed by atoms with E-state index in [1.807, 2.05) is 6.92 Å². The summed E-state index contributed by atoms with van der Waals surface area (Å²) < 4.78 is 23.9. The lowest BCUT2D eigenvalue weighted by atomic mass is 10.1. The van der Waals surface area contributed by atoms with Crippen LogP contribution in [0.15, 0.2) is 18.2 Å². The summed E-state index contributed by atoms with van der Waals surface area (Å²) in [6, 6.07) is 4.59. The third-order valence-corrected chi connectivity index (χ3v) is 3.07. The van der Waals surface area contributed by atoms with Gasteiger partial charge in [-0.2, -0.15) is 0 Å². The van der Waals surface area contributed by atoms with E-state index in [1.54, 1.807) is 12.1 Å². The number of ether oxygens (including phenoxy) is 2. The smallest absolute Gasteiger partial charge is 0.167 e. The van der Waals surface area contributed by atoms with Gasteiger partial charge in [0.1, 0.15) is 0 Å². The van der Waals surface area contributed by atoms with Gasteiger partial charge in [-0.3, -0.25) is 0 Å². The average molecular weight is 299 g/mol. The lowest BCUT2D eigenvalue weighted by Gasteiger charge is -2.18. The molecule has 0 saturated carbocycles. The minimum Gasteiger partial charge on any atom is -0.494 e. The molecule has 4 nitrogen and oxygen atoms in total. The van der Waals surface area contributed by atoms with Gasteiger partial charge >= 0.3 is 0 Å². The standard InChI is InChI=1S/C16H26FNO3/c1-11(2)7-12(3)21-10-14(19)9-18-13-5-6-16(20-4)15(17)8-13/h5-6,8,11-12,14,18-19H,7,9-10H2,1-4H3. The minimum atomic E-state index is -0.634. The van der Waals surface area contributed by atoms with Gasteiger partial charge in [0.15, 0.2) is 11.6 Å². The first-order valence-corrected chi connectivity index (χ1v) is 7.29. The number of aliphatic hydroxyl groups excluding tert-OH is 1. The lowest BCUT2D eigenvalue weighted by Crippen LogP contribution is -2.27. The summed E-state index contributed by atoms with van der Waals surface area (Å²) >= 11 is 0. The number of rotatable bonds is 9. The molecule has 0 bridgehead atoms. The average Bonchev–Trinajstić information content (AvgIpc) is 2.42. The molecule has 2 atom stereocenters. The first-order valence-electron chi connectivity index (χ1n) is 7.29. The van der Waals surface area contributed by atoms with E-state index < -0.39 is 11.9 Å². The quantitative estimate of drug-likeness (QED) is 0.736. The highest BCUT2D eigenvalue weighted by Gasteiger charge is 2.10. The number of anilines is 1. The molecule has 0 radical (unpaired) electrons. The molecule has 0 aliphatic heterocycles. The van der Waals surface area contributed by atoms with E-state index in [-0.39, 0.29) is 18.5 Å². The fourth-order valence-electron chi connectivity index (χ4n) is 2.08. The number of hydrogen-bond acceptors (Lipinski definition) is 4. The van der Waals surface area contributed by atoms with Gasteiger partial charge in [-0.05, 0) is 31.4 Å². The highest BCUT2D eigenvalue weighted by atomic mass is 19.1. The third-order valence-electron chi connectivity index (χ3n) is 3.07. The van der Waals surface area contributed by atoms with E-state index in [0.717, 1.165) is 6.42 Å². The molecule has 0 aromatic heterocycles. The van der Waals surface area contributed by atoms with Crippen molar-refractivity contribution in [3.8, 4) is 5.75 Å². The summed E-state index contributed by atoms with van der Waals surface area (Å²) in [5.41, 5.74) is 0.600. The zero-order valence-corrected chi connectivity index (χ0v) is 13.2. The molecule has 2 N–H and O–H groups in total. The van der Waals surface area contributed by atoms with Crippen LogP contribution in [0.2, 0.25) is 0 Å². The number of hydrogen-bond donors (Lipinski definition) is 2. The molecule has 0 aliphatic rings. The van der Waals surface area contributed by atoms with Gasteiger partial charge in [0.25, 0.3) is 0 Å². The van der Waals surface area contributed by atoms with Gasteiger partial charge in [0, 0.05) is 18.3 Å². The van der Waals surface area contributed by atoms with Crippen LogP contribution in [0.5, 0.6) is 5.75 Å².